The van der Waals surface area contributed by atoms with Gasteiger partial charge in [0, 0.05) is 11.5 Å². The monoisotopic (exact) mass is 192 g/mol. The Morgan fingerprint density at radius 1 is 1.50 bits per heavy atom. The lowest BCUT2D eigenvalue weighted by Gasteiger charge is -2.11. The molecular weight excluding hydrogens is 180 g/mol. The van der Waals surface area contributed by atoms with Crippen LogP contribution in [0.2, 0.25) is 0 Å². The number of carbonyl (C=O) groups is 1. The molecule has 0 saturated carbocycles. The summed E-state index contributed by atoms with van der Waals surface area (Å²) in [5, 5.41) is 8.76. The van der Waals surface area contributed by atoms with E-state index in [0.717, 1.165) is 11.3 Å². The second-order valence-corrected chi connectivity index (χ2v) is 3.57. The van der Waals surface area contributed by atoms with Crippen molar-refractivity contribution in [3.8, 4) is 5.75 Å². The predicted molar refractivity (Wildman–Crippen MR) is 51.5 cm³/mol. The van der Waals surface area contributed by atoms with Gasteiger partial charge in [-0.2, -0.15) is 0 Å². The second-order valence-electron chi connectivity index (χ2n) is 3.57. The van der Waals surface area contributed by atoms with Crippen LogP contribution in [0.1, 0.15) is 24.8 Å². The Bertz CT molecular complexity index is 359. The van der Waals surface area contributed by atoms with E-state index in [-0.39, 0.29) is 18.4 Å². The maximum Gasteiger partial charge on any atom is 0.304 e. The molecule has 2 rings (SSSR count). The van der Waals surface area contributed by atoms with Gasteiger partial charge in [-0.15, -0.1) is 0 Å². The van der Waals surface area contributed by atoms with Crippen molar-refractivity contribution in [2.24, 2.45) is 0 Å². The van der Waals surface area contributed by atoms with Crippen LogP contribution in [0.5, 0.6) is 5.75 Å². The average Bonchev–Trinajstić information content (AvgIpc) is 2.43. The van der Waals surface area contributed by atoms with Gasteiger partial charge in [0.25, 0.3) is 0 Å². The molecule has 0 radical (unpaired) electrons. The van der Waals surface area contributed by atoms with Crippen LogP contribution in [0.25, 0.3) is 0 Å². The predicted octanol–water partition coefficient (Wildman–Crippen LogP) is 2.03. The lowest BCUT2D eigenvalue weighted by molar-refractivity contribution is -0.137. The Balaban J connectivity index is 2.30. The molecule has 0 saturated heterocycles. The minimum absolute atomic E-state index is 0.0105. The van der Waals surface area contributed by atoms with Crippen molar-refractivity contribution in [2.75, 3.05) is 0 Å². The maximum atomic E-state index is 10.7. The molecular formula is C11H12O3. The molecule has 1 aliphatic rings. The fourth-order valence-corrected chi connectivity index (χ4v) is 1.89. The lowest BCUT2D eigenvalue weighted by Crippen LogP contribution is -2.17. The van der Waals surface area contributed by atoms with Gasteiger partial charge in [-0.05, 0) is 13.0 Å². The van der Waals surface area contributed by atoms with E-state index in [4.69, 9.17) is 9.84 Å². The first-order chi connectivity index (χ1) is 6.68. The fraction of sp³-hybridized carbons (Fsp3) is 0.364. The molecule has 0 aromatic heterocycles. The number of rotatable bonds is 2. The van der Waals surface area contributed by atoms with Crippen molar-refractivity contribution in [3.63, 3.8) is 0 Å². The van der Waals surface area contributed by atoms with Crippen molar-refractivity contribution in [1.82, 2.24) is 0 Å². The number of benzene rings is 1. The van der Waals surface area contributed by atoms with E-state index in [1.807, 2.05) is 31.2 Å². The number of hydrogen-bond acceptors (Lipinski definition) is 2. The standard InChI is InChI=1S/C11H12O3/c1-7-9(6-11(12)13)8-4-2-3-5-10(8)14-7/h2-5,7,9H,6H2,1H3,(H,12,13)/t7?,9-/m1/s1. The summed E-state index contributed by atoms with van der Waals surface area (Å²) in [6, 6.07) is 7.63. The Labute approximate surface area is 82.3 Å². The highest BCUT2D eigenvalue weighted by Crippen LogP contribution is 2.39. The van der Waals surface area contributed by atoms with Gasteiger partial charge in [-0.1, -0.05) is 18.2 Å². The van der Waals surface area contributed by atoms with E-state index >= 15 is 0 Å². The largest absolute Gasteiger partial charge is 0.490 e. The third-order valence-corrected chi connectivity index (χ3v) is 2.59. The second kappa shape index (κ2) is 3.33. The first-order valence-electron chi connectivity index (χ1n) is 4.66. The number of carboxylic acid groups (broad SMARTS) is 1. The molecule has 1 aromatic rings. The summed E-state index contributed by atoms with van der Waals surface area (Å²) in [6.07, 6.45) is 0.0987. The van der Waals surface area contributed by atoms with Crippen LogP contribution < -0.4 is 4.74 Å². The molecule has 3 nitrogen and oxygen atoms in total. The van der Waals surface area contributed by atoms with Crippen molar-refractivity contribution in [1.29, 1.82) is 0 Å². The SMILES string of the molecule is CC1Oc2ccccc2[C@@H]1CC(=O)O. The molecule has 1 unspecified atom stereocenters. The van der Waals surface area contributed by atoms with Crippen LogP contribution >= 0.6 is 0 Å². The minimum atomic E-state index is -0.776. The highest BCUT2D eigenvalue weighted by Gasteiger charge is 2.32. The highest BCUT2D eigenvalue weighted by molar-refractivity contribution is 5.68. The molecule has 14 heavy (non-hydrogen) atoms. The van der Waals surface area contributed by atoms with Crippen LogP contribution in [-0.4, -0.2) is 17.2 Å². The van der Waals surface area contributed by atoms with Crippen LogP contribution in [0, 0.1) is 0 Å². The van der Waals surface area contributed by atoms with Gasteiger partial charge in [0.1, 0.15) is 11.9 Å². The Hall–Kier alpha value is -1.51. The van der Waals surface area contributed by atoms with E-state index < -0.39 is 5.97 Å². The zero-order valence-corrected chi connectivity index (χ0v) is 7.93. The van der Waals surface area contributed by atoms with Crippen LogP contribution in [-0.2, 0) is 4.79 Å². The summed E-state index contributed by atoms with van der Waals surface area (Å²) >= 11 is 0. The number of para-hydroxylation sites is 1. The van der Waals surface area contributed by atoms with Crippen molar-refractivity contribution in [3.05, 3.63) is 29.8 Å². The normalized spacial score (nSPS) is 24.1. The molecule has 0 amide bonds. The zero-order valence-electron chi connectivity index (χ0n) is 7.93. The van der Waals surface area contributed by atoms with Gasteiger partial charge in [0.05, 0.1) is 6.42 Å². The van der Waals surface area contributed by atoms with E-state index in [0.29, 0.717) is 0 Å². The zero-order chi connectivity index (χ0) is 10.1. The van der Waals surface area contributed by atoms with Crippen molar-refractivity contribution >= 4 is 5.97 Å². The number of aliphatic carboxylic acids is 1. The van der Waals surface area contributed by atoms with Gasteiger partial charge >= 0.3 is 5.97 Å². The average molecular weight is 192 g/mol. The van der Waals surface area contributed by atoms with Gasteiger partial charge in [-0.3, -0.25) is 4.79 Å². The number of carboxylic acids is 1. The summed E-state index contributed by atoms with van der Waals surface area (Å²) in [5.41, 5.74) is 1.02. The molecule has 0 fully saturated rings. The first-order valence-corrected chi connectivity index (χ1v) is 4.66. The van der Waals surface area contributed by atoms with Crippen LogP contribution in [0.4, 0.5) is 0 Å². The first kappa shape index (κ1) is 9.06. The third kappa shape index (κ3) is 1.45. The van der Waals surface area contributed by atoms with Crippen molar-refractivity contribution in [2.45, 2.75) is 25.4 Å². The summed E-state index contributed by atoms with van der Waals surface area (Å²) in [6.45, 7) is 1.91. The molecule has 1 aromatic carbocycles. The summed E-state index contributed by atoms with van der Waals surface area (Å²) in [4.78, 5) is 10.7. The molecule has 0 bridgehead atoms. The van der Waals surface area contributed by atoms with E-state index in [1.165, 1.54) is 0 Å². The third-order valence-electron chi connectivity index (χ3n) is 2.59. The Morgan fingerprint density at radius 2 is 2.21 bits per heavy atom. The quantitative estimate of drug-likeness (QED) is 0.779. The van der Waals surface area contributed by atoms with E-state index in [1.54, 1.807) is 0 Å². The van der Waals surface area contributed by atoms with Gasteiger partial charge in [0.15, 0.2) is 0 Å². The van der Waals surface area contributed by atoms with Crippen LogP contribution in [0.3, 0.4) is 0 Å². The molecule has 1 N–H and O–H groups in total. The van der Waals surface area contributed by atoms with Gasteiger partial charge in [0.2, 0.25) is 0 Å². The maximum absolute atomic E-state index is 10.7. The molecule has 2 atom stereocenters. The molecule has 0 aliphatic carbocycles. The highest BCUT2D eigenvalue weighted by atomic mass is 16.5. The van der Waals surface area contributed by atoms with E-state index in [9.17, 15) is 4.79 Å². The van der Waals surface area contributed by atoms with Crippen molar-refractivity contribution < 1.29 is 14.6 Å². The summed E-state index contributed by atoms with van der Waals surface area (Å²) < 4.78 is 5.56. The smallest absolute Gasteiger partial charge is 0.304 e. The molecule has 1 heterocycles. The van der Waals surface area contributed by atoms with Gasteiger partial charge < -0.3 is 9.84 Å². The number of ether oxygens (including phenoxy) is 1. The van der Waals surface area contributed by atoms with E-state index in [2.05, 4.69) is 0 Å². The Kier molecular flexibility index (Phi) is 2.15. The Morgan fingerprint density at radius 3 is 2.93 bits per heavy atom. The molecule has 3 heteroatoms. The fourth-order valence-electron chi connectivity index (χ4n) is 1.89. The topological polar surface area (TPSA) is 46.5 Å². The summed E-state index contributed by atoms with van der Waals surface area (Å²) in [5.74, 6) is 0.0390. The van der Waals surface area contributed by atoms with Crippen LogP contribution in [0.15, 0.2) is 24.3 Å². The van der Waals surface area contributed by atoms with Gasteiger partial charge in [-0.25, -0.2) is 0 Å². The summed E-state index contributed by atoms with van der Waals surface area (Å²) in [7, 11) is 0. The molecule has 74 valence electrons. The number of fused-ring (bicyclic) bond motifs is 1. The molecule has 1 aliphatic heterocycles. The molecule has 0 spiro atoms. The number of hydrogen-bond donors (Lipinski definition) is 1. The minimum Gasteiger partial charge on any atom is -0.490 e. The lowest BCUT2D eigenvalue weighted by atomic mass is 9.93.